The number of H-pyrrole nitrogens is 2. The van der Waals surface area contributed by atoms with Crippen LogP contribution in [0.3, 0.4) is 0 Å². The van der Waals surface area contributed by atoms with Crippen LogP contribution in [0.15, 0.2) is 72.8 Å². The molecule has 0 aliphatic carbocycles. The van der Waals surface area contributed by atoms with Gasteiger partial charge >= 0.3 is 0 Å². The van der Waals surface area contributed by atoms with Gasteiger partial charge in [-0.15, -0.1) is 0 Å². The third-order valence-corrected chi connectivity index (χ3v) is 7.64. The highest BCUT2D eigenvalue weighted by atomic mass is 35.5. The van der Waals surface area contributed by atoms with Crippen LogP contribution in [0.4, 0.5) is 0 Å². The van der Waals surface area contributed by atoms with Crippen molar-refractivity contribution < 1.29 is 4.74 Å². The lowest BCUT2D eigenvalue weighted by Crippen LogP contribution is -2.30. The molecule has 0 aliphatic rings. The molecular weight excluding hydrogens is 607 g/mol. The molecule has 45 heavy (non-hydrogen) atoms. The Morgan fingerprint density at radius 2 is 1.27 bits per heavy atom. The molecule has 0 saturated heterocycles. The number of benzene rings is 4. The van der Waals surface area contributed by atoms with E-state index in [-0.39, 0.29) is 12.1 Å². The number of amidine groups is 2. The van der Waals surface area contributed by atoms with E-state index in [4.69, 9.17) is 48.7 Å². The summed E-state index contributed by atoms with van der Waals surface area (Å²) in [6.45, 7) is 8.00. The average Bonchev–Trinajstić information content (AvgIpc) is 3.61. The van der Waals surface area contributed by atoms with Gasteiger partial charge in [0.1, 0.15) is 34.8 Å². The van der Waals surface area contributed by atoms with Crippen molar-refractivity contribution in [3.8, 4) is 34.3 Å². The number of aromatic nitrogens is 4. The SMILES string of the molecule is CC(C)NC(=N)c1ccc2nc(-c3ccc(Oc4ccc(-c5nc6ccc(C(=N)NC(C)C)cc6[nH]5)c(Cl)c4)c(Cl)c3)[nH]c2c1. The maximum absolute atomic E-state index is 8.28. The molecule has 11 heteroatoms. The molecule has 0 aliphatic heterocycles. The second-order valence-electron chi connectivity index (χ2n) is 11.4. The van der Waals surface area contributed by atoms with Gasteiger partial charge in [0.15, 0.2) is 0 Å². The zero-order chi connectivity index (χ0) is 31.8. The first-order chi connectivity index (χ1) is 21.5. The van der Waals surface area contributed by atoms with E-state index in [2.05, 4.69) is 20.6 Å². The Morgan fingerprint density at radius 1 is 0.689 bits per heavy atom. The Hall–Kier alpha value is -4.86. The molecule has 0 spiro atoms. The quantitative estimate of drug-likeness (QED) is 0.0732. The number of hydrogen-bond donors (Lipinski definition) is 6. The zero-order valence-corrected chi connectivity index (χ0v) is 26.7. The molecule has 0 unspecified atom stereocenters. The minimum Gasteiger partial charge on any atom is -0.456 e. The normalized spacial score (nSPS) is 11.5. The molecule has 0 fully saturated rings. The molecule has 4 aromatic carbocycles. The van der Waals surface area contributed by atoms with Crippen molar-refractivity contribution in [2.45, 2.75) is 39.8 Å². The van der Waals surface area contributed by atoms with Gasteiger partial charge in [0.2, 0.25) is 0 Å². The lowest BCUT2D eigenvalue weighted by molar-refractivity contribution is 0.483. The van der Waals surface area contributed by atoms with E-state index in [1.54, 1.807) is 18.2 Å². The maximum atomic E-state index is 8.28. The van der Waals surface area contributed by atoms with Crippen molar-refractivity contribution in [3.63, 3.8) is 0 Å². The van der Waals surface area contributed by atoms with Crippen LogP contribution in [0.1, 0.15) is 38.8 Å². The van der Waals surface area contributed by atoms with Gasteiger partial charge in [-0.25, -0.2) is 9.97 Å². The number of imidazole rings is 2. The molecule has 2 aromatic heterocycles. The fourth-order valence-corrected chi connectivity index (χ4v) is 5.43. The molecule has 0 bridgehead atoms. The number of halogens is 2. The summed E-state index contributed by atoms with van der Waals surface area (Å²) >= 11 is 13.3. The Labute approximate surface area is 270 Å². The van der Waals surface area contributed by atoms with Gasteiger partial charge in [0, 0.05) is 40.4 Å². The first-order valence-corrected chi connectivity index (χ1v) is 15.3. The predicted molar refractivity (Wildman–Crippen MR) is 183 cm³/mol. The number of aromatic amines is 2. The number of nitrogens with one attached hydrogen (secondary N) is 6. The van der Waals surface area contributed by atoms with Crippen LogP contribution in [-0.4, -0.2) is 43.7 Å². The van der Waals surface area contributed by atoms with Crippen LogP contribution < -0.4 is 15.4 Å². The first-order valence-electron chi connectivity index (χ1n) is 14.5. The summed E-state index contributed by atoms with van der Waals surface area (Å²) < 4.78 is 6.10. The minimum atomic E-state index is 0.165. The maximum Gasteiger partial charge on any atom is 0.146 e. The number of fused-ring (bicyclic) bond motifs is 2. The van der Waals surface area contributed by atoms with Crippen LogP contribution in [0.5, 0.6) is 11.5 Å². The summed E-state index contributed by atoms with van der Waals surface area (Å²) in [6, 6.07) is 22.6. The van der Waals surface area contributed by atoms with Gasteiger partial charge in [-0.2, -0.15) is 0 Å². The molecule has 0 amide bonds. The van der Waals surface area contributed by atoms with E-state index < -0.39 is 0 Å². The molecule has 6 aromatic rings. The highest BCUT2D eigenvalue weighted by molar-refractivity contribution is 6.33. The highest BCUT2D eigenvalue weighted by Crippen LogP contribution is 2.36. The number of ether oxygens (including phenoxy) is 1. The van der Waals surface area contributed by atoms with Crippen molar-refractivity contribution in [1.82, 2.24) is 30.6 Å². The van der Waals surface area contributed by atoms with Crippen molar-refractivity contribution in [1.29, 1.82) is 10.8 Å². The van der Waals surface area contributed by atoms with Crippen molar-refractivity contribution in [2.75, 3.05) is 0 Å². The van der Waals surface area contributed by atoms with E-state index in [0.29, 0.717) is 44.9 Å². The monoisotopic (exact) mass is 638 g/mol. The fourth-order valence-electron chi connectivity index (χ4n) is 4.95. The van der Waals surface area contributed by atoms with Crippen molar-refractivity contribution >= 4 is 56.9 Å². The summed E-state index contributed by atoms with van der Waals surface area (Å²) in [5.41, 5.74) is 6.30. The molecular formula is C34H32Cl2N8O. The third kappa shape index (κ3) is 6.50. The van der Waals surface area contributed by atoms with E-state index in [1.165, 1.54) is 0 Å². The molecule has 0 radical (unpaired) electrons. The summed E-state index contributed by atoms with van der Waals surface area (Å²) in [7, 11) is 0. The van der Waals surface area contributed by atoms with E-state index in [9.17, 15) is 0 Å². The van der Waals surface area contributed by atoms with Crippen LogP contribution >= 0.6 is 23.2 Å². The van der Waals surface area contributed by atoms with E-state index in [0.717, 1.165) is 44.3 Å². The van der Waals surface area contributed by atoms with Crippen molar-refractivity contribution in [2.24, 2.45) is 0 Å². The van der Waals surface area contributed by atoms with Crippen LogP contribution in [0.25, 0.3) is 44.8 Å². The summed E-state index contributed by atoms with van der Waals surface area (Å²) in [6.07, 6.45) is 0. The smallest absolute Gasteiger partial charge is 0.146 e. The second-order valence-corrected chi connectivity index (χ2v) is 12.2. The van der Waals surface area contributed by atoms with Gasteiger partial charge in [-0.3, -0.25) is 10.8 Å². The largest absolute Gasteiger partial charge is 0.456 e. The zero-order valence-electron chi connectivity index (χ0n) is 25.1. The molecule has 228 valence electrons. The van der Waals surface area contributed by atoms with Crippen LogP contribution in [-0.2, 0) is 0 Å². The lowest BCUT2D eigenvalue weighted by atomic mass is 10.1. The van der Waals surface area contributed by atoms with Gasteiger partial charge in [-0.05, 0) is 94.4 Å². The topological polar surface area (TPSA) is 138 Å². The Balaban J connectivity index is 1.19. The fraction of sp³-hybridized carbons (Fsp3) is 0.176. The Morgan fingerprint density at radius 3 is 1.82 bits per heavy atom. The van der Waals surface area contributed by atoms with E-state index >= 15 is 0 Å². The van der Waals surface area contributed by atoms with Crippen molar-refractivity contribution in [3.05, 3.63) is 94.0 Å². The molecule has 9 nitrogen and oxygen atoms in total. The first kappa shape index (κ1) is 30.2. The highest BCUT2D eigenvalue weighted by Gasteiger charge is 2.15. The van der Waals surface area contributed by atoms with Gasteiger partial charge in [0.05, 0.1) is 32.1 Å². The molecule has 6 rings (SSSR count). The summed E-state index contributed by atoms with van der Waals surface area (Å²) in [5, 5.41) is 23.7. The number of rotatable bonds is 8. The second kappa shape index (κ2) is 12.3. The average molecular weight is 640 g/mol. The Bertz CT molecular complexity index is 2080. The van der Waals surface area contributed by atoms with Gasteiger partial charge in [0.25, 0.3) is 0 Å². The summed E-state index contributed by atoms with van der Waals surface area (Å²) in [4.78, 5) is 16.1. The Kier molecular flexibility index (Phi) is 8.22. The standard InChI is InChI=1S/C34H32Cl2N8O/c1-17(2)39-31(37)19-5-10-26-28(14-19)43-33(41-26)21-7-12-30(25(36)13-21)45-22-8-9-23(24(35)16-22)34-42-27-11-6-20(15-29(27)44-34)32(38)40-18(3)4/h5-18H,1-4H3,(H2,37,39)(H2,38,40)(H,41,43)(H,42,44). The summed E-state index contributed by atoms with van der Waals surface area (Å²) in [5.74, 6) is 3.01. The lowest BCUT2D eigenvalue weighted by Gasteiger charge is -2.10. The molecule has 0 atom stereocenters. The molecule has 2 heterocycles. The number of nitrogens with zero attached hydrogens (tertiary/aromatic N) is 2. The van der Waals surface area contributed by atoms with Crippen LogP contribution in [0, 0.1) is 10.8 Å². The van der Waals surface area contributed by atoms with E-state index in [1.807, 2.05) is 82.3 Å². The predicted octanol–water partition coefficient (Wildman–Crippen LogP) is 8.52. The van der Waals surface area contributed by atoms with Crippen LogP contribution in [0.2, 0.25) is 10.0 Å². The number of hydrogen-bond acceptors (Lipinski definition) is 5. The third-order valence-electron chi connectivity index (χ3n) is 7.04. The molecule has 6 N–H and O–H groups in total. The molecule has 0 saturated carbocycles. The van der Waals surface area contributed by atoms with Gasteiger partial charge in [-0.1, -0.05) is 23.2 Å². The minimum absolute atomic E-state index is 0.165. The van der Waals surface area contributed by atoms with Gasteiger partial charge < -0.3 is 25.3 Å².